The summed E-state index contributed by atoms with van der Waals surface area (Å²) in [5.74, 6) is 0. The number of hydrogen-bond acceptors (Lipinski definition) is 2. The first-order chi connectivity index (χ1) is 8.99. The van der Waals surface area contributed by atoms with E-state index >= 15 is 0 Å². The molecule has 0 atom stereocenters. The Morgan fingerprint density at radius 2 is 1.58 bits per heavy atom. The van der Waals surface area contributed by atoms with Crippen LogP contribution >= 0.6 is 23.2 Å². The van der Waals surface area contributed by atoms with Crippen LogP contribution in [0.3, 0.4) is 0 Å². The fraction of sp³-hybridized carbons (Fsp3) is 0. The van der Waals surface area contributed by atoms with Gasteiger partial charge in [-0.05, 0) is 29.8 Å². The van der Waals surface area contributed by atoms with Gasteiger partial charge < -0.3 is 0 Å². The van der Waals surface area contributed by atoms with Gasteiger partial charge in [-0.3, -0.25) is 0 Å². The number of halogens is 2. The molecule has 0 aromatic heterocycles. The van der Waals surface area contributed by atoms with Gasteiger partial charge in [0.25, 0.3) is 0 Å². The maximum Gasteiger partial charge on any atom is 0.199 e. The van der Waals surface area contributed by atoms with Crippen molar-refractivity contribution in [3.63, 3.8) is 0 Å². The Bertz CT molecular complexity index is 707. The van der Waals surface area contributed by atoms with Crippen molar-refractivity contribution in [1.29, 1.82) is 0 Å². The van der Waals surface area contributed by atoms with Gasteiger partial charge >= 0.3 is 0 Å². The van der Waals surface area contributed by atoms with Crippen molar-refractivity contribution >= 4 is 39.1 Å². The SMILES string of the molecule is O=S(=O)(/C=C/c1ccccc1)c1ccc(Cl)c(Cl)c1. The van der Waals surface area contributed by atoms with Crippen molar-refractivity contribution in [3.05, 3.63) is 69.5 Å². The molecule has 5 heteroatoms. The Labute approximate surface area is 122 Å². The van der Waals surface area contributed by atoms with Crippen LogP contribution in [0.2, 0.25) is 10.0 Å². The Kier molecular flexibility index (Phi) is 4.30. The molecule has 0 saturated carbocycles. The van der Waals surface area contributed by atoms with E-state index in [4.69, 9.17) is 23.2 Å². The summed E-state index contributed by atoms with van der Waals surface area (Å²) in [5.41, 5.74) is 0.811. The summed E-state index contributed by atoms with van der Waals surface area (Å²) in [5, 5.41) is 1.70. The lowest BCUT2D eigenvalue weighted by atomic mass is 10.2. The molecular weight excluding hydrogens is 303 g/mol. The van der Waals surface area contributed by atoms with E-state index in [1.54, 1.807) is 0 Å². The lowest BCUT2D eigenvalue weighted by Gasteiger charge is -2.01. The predicted molar refractivity (Wildman–Crippen MR) is 79.1 cm³/mol. The molecule has 0 amide bonds. The molecule has 0 bridgehead atoms. The van der Waals surface area contributed by atoms with Crippen LogP contribution in [-0.2, 0) is 9.84 Å². The minimum absolute atomic E-state index is 0.120. The molecule has 0 heterocycles. The Hall–Kier alpha value is -1.29. The molecule has 0 aliphatic carbocycles. The Morgan fingerprint density at radius 1 is 0.895 bits per heavy atom. The summed E-state index contributed by atoms with van der Waals surface area (Å²) < 4.78 is 24.2. The molecule has 0 fully saturated rings. The average molecular weight is 313 g/mol. The largest absolute Gasteiger partial charge is 0.219 e. The van der Waals surface area contributed by atoms with Crippen molar-refractivity contribution in [1.82, 2.24) is 0 Å². The third kappa shape index (κ3) is 3.60. The average Bonchev–Trinajstić information content (AvgIpc) is 2.41. The van der Waals surface area contributed by atoms with Crippen molar-refractivity contribution in [2.24, 2.45) is 0 Å². The van der Waals surface area contributed by atoms with Gasteiger partial charge in [-0.15, -0.1) is 0 Å². The monoisotopic (exact) mass is 312 g/mol. The first kappa shape index (κ1) is 14.1. The minimum atomic E-state index is -3.52. The van der Waals surface area contributed by atoms with Crippen LogP contribution in [0.25, 0.3) is 6.08 Å². The van der Waals surface area contributed by atoms with Crippen molar-refractivity contribution in [2.45, 2.75) is 4.90 Å². The number of hydrogen-bond donors (Lipinski definition) is 0. The van der Waals surface area contributed by atoms with Gasteiger partial charge in [-0.2, -0.15) is 0 Å². The van der Waals surface area contributed by atoms with E-state index < -0.39 is 9.84 Å². The zero-order valence-electron chi connectivity index (χ0n) is 9.75. The Balaban J connectivity index is 2.33. The van der Waals surface area contributed by atoms with Gasteiger partial charge in [0.2, 0.25) is 0 Å². The van der Waals surface area contributed by atoms with E-state index in [1.165, 1.54) is 24.3 Å². The number of benzene rings is 2. The molecule has 0 unspecified atom stereocenters. The van der Waals surface area contributed by atoms with Crippen LogP contribution in [0.4, 0.5) is 0 Å². The highest BCUT2D eigenvalue weighted by molar-refractivity contribution is 7.94. The van der Waals surface area contributed by atoms with E-state index in [0.29, 0.717) is 5.02 Å². The number of rotatable bonds is 3. The van der Waals surface area contributed by atoms with E-state index in [0.717, 1.165) is 11.0 Å². The molecule has 2 aromatic rings. The van der Waals surface area contributed by atoms with E-state index in [2.05, 4.69) is 0 Å². The molecular formula is C14H10Cl2O2S. The van der Waals surface area contributed by atoms with Crippen LogP contribution in [0.15, 0.2) is 58.8 Å². The molecule has 2 aromatic carbocycles. The van der Waals surface area contributed by atoms with E-state index in [-0.39, 0.29) is 9.92 Å². The maximum absolute atomic E-state index is 12.1. The highest BCUT2D eigenvalue weighted by Crippen LogP contribution is 2.25. The Morgan fingerprint density at radius 3 is 2.21 bits per heavy atom. The van der Waals surface area contributed by atoms with Gasteiger partial charge in [0.05, 0.1) is 14.9 Å². The van der Waals surface area contributed by atoms with Crippen molar-refractivity contribution in [2.75, 3.05) is 0 Å². The van der Waals surface area contributed by atoms with Gasteiger partial charge in [-0.1, -0.05) is 53.5 Å². The first-order valence-corrected chi connectivity index (χ1v) is 7.72. The van der Waals surface area contributed by atoms with Gasteiger partial charge in [0.1, 0.15) is 0 Å². The molecule has 0 radical (unpaired) electrons. The standard InChI is InChI=1S/C14H10Cl2O2S/c15-13-7-6-12(10-14(13)16)19(17,18)9-8-11-4-2-1-3-5-11/h1-10H/b9-8+. The van der Waals surface area contributed by atoms with Gasteiger partial charge in [-0.25, -0.2) is 8.42 Å². The minimum Gasteiger partial charge on any atom is -0.219 e. The molecule has 98 valence electrons. The van der Waals surface area contributed by atoms with Crippen molar-refractivity contribution in [3.8, 4) is 0 Å². The van der Waals surface area contributed by atoms with Gasteiger partial charge in [0.15, 0.2) is 9.84 Å². The summed E-state index contributed by atoms with van der Waals surface area (Å²) in [7, 11) is -3.52. The molecule has 19 heavy (non-hydrogen) atoms. The molecule has 2 rings (SSSR count). The molecule has 0 aliphatic rings. The summed E-state index contributed by atoms with van der Waals surface area (Å²) in [4.78, 5) is 0.120. The normalized spacial score (nSPS) is 11.9. The van der Waals surface area contributed by atoms with E-state index in [9.17, 15) is 8.42 Å². The highest BCUT2D eigenvalue weighted by Gasteiger charge is 2.12. The lowest BCUT2D eigenvalue weighted by Crippen LogP contribution is -1.95. The predicted octanol–water partition coefficient (Wildman–Crippen LogP) is 4.44. The summed E-state index contributed by atoms with van der Waals surface area (Å²) in [6.45, 7) is 0. The highest BCUT2D eigenvalue weighted by atomic mass is 35.5. The summed E-state index contributed by atoms with van der Waals surface area (Å²) >= 11 is 11.6. The van der Waals surface area contributed by atoms with Crippen LogP contribution in [-0.4, -0.2) is 8.42 Å². The summed E-state index contributed by atoms with van der Waals surface area (Å²) in [6.07, 6.45) is 1.54. The topological polar surface area (TPSA) is 34.1 Å². The summed E-state index contributed by atoms with van der Waals surface area (Å²) in [6, 6.07) is 13.4. The zero-order valence-corrected chi connectivity index (χ0v) is 12.1. The second-order valence-electron chi connectivity index (χ2n) is 3.83. The van der Waals surface area contributed by atoms with E-state index in [1.807, 2.05) is 30.3 Å². The quantitative estimate of drug-likeness (QED) is 0.839. The molecule has 0 saturated heterocycles. The first-order valence-electron chi connectivity index (χ1n) is 5.42. The zero-order chi connectivity index (χ0) is 13.9. The fourth-order valence-electron chi connectivity index (χ4n) is 1.46. The second-order valence-corrected chi connectivity index (χ2v) is 6.48. The van der Waals surface area contributed by atoms with Crippen LogP contribution in [0.1, 0.15) is 5.56 Å². The smallest absolute Gasteiger partial charge is 0.199 e. The lowest BCUT2D eigenvalue weighted by molar-refractivity contribution is 0.605. The van der Waals surface area contributed by atoms with Crippen LogP contribution in [0.5, 0.6) is 0 Å². The second kappa shape index (κ2) is 5.78. The molecule has 0 N–H and O–H groups in total. The molecule has 2 nitrogen and oxygen atoms in total. The van der Waals surface area contributed by atoms with Crippen LogP contribution < -0.4 is 0 Å². The molecule has 0 spiro atoms. The third-order valence-electron chi connectivity index (χ3n) is 2.46. The van der Waals surface area contributed by atoms with Crippen molar-refractivity contribution < 1.29 is 8.42 Å². The number of sulfone groups is 1. The fourth-order valence-corrected chi connectivity index (χ4v) is 2.86. The van der Waals surface area contributed by atoms with Gasteiger partial charge in [0, 0.05) is 5.41 Å². The molecule has 0 aliphatic heterocycles. The third-order valence-corrected chi connectivity index (χ3v) is 4.60. The van der Waals surface area contributed by atoms with Crippen LogP contribution in [0, 0.1) is 0 Å². The maximum atomic E-state index is 12.1.